The molecule has 1 aliphatic carbocycles. The van der Waals surface area contributed by atoms with Gasteiger partial charge in [-0.25, -0.2) is 4.98 Å². The number of hydrogen-bond acceptors (Lipinski definition) is 3. The van der Waals surface area contributed by atoms with Crippen LogP contribution < -0.4 is 5.32 Å². The van der Waals surface area contributed by atoms with Gasteiger partial charge in [0, 0.05) is 18.8 Å². The highest BCUT2D eigenvalue weighted by atomic mass is 19.4. The summed E-state index contributed by atoms with van der Waals surface area (Å²) in [6.07, 6.45) is 1.03. The van der Waals surface area contributed by atoms with E-state index in [-0.39, 0.29) is 18.0 Å². The topological polar surface area (TPSA) is 34.2 Å². The second-order valence-electron chi connectivity index (χ2n) is 5.51. The molecule has 0 aromatic carbocycles. The van der Waals surface area contributed by atoms with Crippen molar-refractivity contribution in [2.45, 2.75) is 44.0 Å². The monoisotopic (exact) mass is 286 g/mol. The summed E-state index contributed by atoms with van der Waals surface area (Å²) in [6, 6.07) is 2.38. The molecule has 3 nitrogen and oxygen atoms in total. The van der Waals surface area contributed by atoms with Crippen LogP contribution in [0.2, 0.25) is 0 Å². The maximum atomic E-state index is 12.9. The Kier molecular flexibility index (Phi) is 3.58. The fraction of sp³-hybridized carbons (Fsp3) is 0.643. The Bertz CT molecular complexity index is 474. The van der Waals surface area contributed by atoms with Crippen molar-refractivity contribution in [2.24, 2.45) is 5.92 Å². The summed E-state index contributed by atoms with van der Waals surface area (Å²) >= 11 is 0. The molecule has 1 aliphatic heterocycles. The molecular formula is C14H17F3N2O. The van der Waals surface area contributed by atoms with E-state index in [4.69, 9.17) is 4.74 Å². The smallest absolute Gasteiger partial charge is 0.378 e. The largest absolute Gasteiger partial charge is 0.419 e. The van der Waals surface area contributed by atoms with Gasteiger partial charge in [0.1, 0.15) is 5.82 Å². The quantitative estimate of drug-likeness (QED) is 0.924. The van der Waals surface area contributed by atoms with Crippen LogP contribution in [0.15, 0.2) is 18.3 Å². The van der Waals surface area contributed by atoms with E-state index in [1.165, 1.54) is 25.1 Å². The predicted octanol–water partition coefficient (Wildman–Crippen LogP) is 3.47. The number of ether oxygens (including phenoxy) is 1. The van der Waals surface area contributed by atoms with Crippen LogP contribution in [0.25, 0.3) is 0 Å². The number of rotatable bonds is 3. The van der Waals surface area contributed by atoms with Gasteiger partial charge in [0.25, 0.3) is 0 Å². The molecule has 2 unspecified atom stereocenters. The molecule has 2 fully saturated rings. The lowest BCUT2D eigenvalue weighted by atomic mass is 10.00. The van der Waals surface area contributed by atoms with Crippen LogP contribution in [-0.4, -0.2) is 23.7 Å². The summed E-state index contributed by atoms with van der Waals surface area (Å²) in [6.45, 7) is 0.604. The Labute approximate surface area is 115 Å². The third-order valence-electron chi connectivity index (χ3n) is 3.92. The lowest BCUT2D eigenvalue weighted by Crippen LogP contribution is -2.35. The minimum absolute atomic E-state index is 0.00495. The lowest BCUT2D eigenvalue weighted by molar-refractivity contribution is -0.137. The average molecular weight is 286 g/mol. The van der Waals surface area contributed by atoms with Gasteiger partial charge in [0.15, 0.2) is 0 Å². The summed E-state index contributed by atoms with van der Waals surface area (Å²) in [5.74, 6) is 0.534. The van der Waals surface area contributed by atoms with Crippen molar-refractivity contribution in [1.29, 1.82) is 0 Å². The molecule has 2 heterocycles. The highest BCUT2D eigenvalue weighted by Gasteiger charge is 2.38. The van der Waals surface area contributed by atoms with Crippen molar-refractivity contribution in [2.75, 3.05) is 11.9 Å². The van der Waals surface area contributed by atoms with Crippen LogP contribution in [0.5, 0.6) is 0 Å². The SMILES string of the molecule is FC(F)(F)c1cccnc1NC1CCOC(C2CC2)C1. The van der Waals surface area contributed by atoms with Crippen molar-refractivity contribution in [1.82, 2.24) is 4.98 Å². The van der Waals surface area contributed by atoms with Gasteiger partial charge in [0.05, 0.1) is 11.7 Å². The summed E-state index contributed by atoms with van der Waals surface area (Å²) < 4.78 is 44.4. The summed E-state index contributed by atoms with van der Waals surface area (Å²) in [4.78, 5) is 3.85. The first kappa shape index (κ1) is 13.7. The molecule has 0 amide bonds. The molecule has 0 spiro atoms. The number of nitrogens with one attached hydrogen (secondary N) is 1. The van der Waals surface area contributed by atoms with Gasteiger partial charge in [-0.15, -0.1) is 0 Å². The first-order valence-corrected chi connectivity index (χ1v) is 6.94. The minimum atomic E-state index is -4.38. The van der Waals surface area contributed by atoms with Gasteiger partial charge in [-0.2, -0.15) is 13.2 Å². The van der Waals surface area contributed by atoms with Gasteiger partial charge in [-0.1, -0.05) is 0 Å². The molecule has 1 saturated heterocycles. The molecule has 0 bridgehead atoms. The van der Waals surface area contributed by atoms with E-state index in [9.17, 15) is 13.2 Å². The average Bonchev–Trinajstić information content (AvgIpc) is 3.23. The second-order valence-corrected chi connectivity index (χ2v) is 5.51. The van der Waals surface area contributed by atoms with Crippen molar-refractivity contribution in [3.63, 3.8) is 0 Å². The molecule has 20 heavy (non-hydrogen) atoms. The molecule has 2 aliphatic rings. The van der Waals surface area contributed by atoms with Gasteiger partial charge in [-0.3, -0.25) is 0 Å². The highest BCUT2D eigenvalue weighted by Crippen LogP contribution is 2.39. The molecule has 6 heteroatoms. The zero-order chi connectivity index (χ0) is 14.2. The van der Waals surface area contributed by atoms with Gasteiger partial charge < -0.3 is 10.1 Å². The van der Waals surface area contributed by atoms with Crippen molar-refractivity contribution >= 4 is 5.82 Å². The number of alkyl halides is 3. The van der Waals surface area contributed by atoms with Gasteiger partial charge in [0.2, 0.25) is 0 Å². The zero-order valence-electron chi connectivity index (χ0n) is 11.0. The van der Waals surface area contributed by atoms with E-state index >= 15 is 0 Å². The number of nitrogens with zero attached hydrogens (tertiary/aromatic N) is 1. The number of halogens is 3. The standard InChI is InChI=1S/C14H17F3N2O/c15-14(16,17)11-2-1-6-18-13(11)19-10-5-7-20-12(8-10)9-3-4-9/h1-2,6,9-10,12H,3-5,7-8H2,(H,18,19). The number of hydrogen-bond donors (Lipinski definition) is 1. The van der Waals surface area contributed by atoms with Crippen molar-refractivity contribution in [3.05, 3.63) is 23.9 Å². The fourth-order valence-corrected chi connectivity index (χ4v) is 2.70. The molecule has 0 radical (unpaired) electrons. The summed E-state index contributed by atoms with van der Waals surface area (Å²) in [7, 11) is 0. The zero-order valence-corrected chi connectivity index (χ0v) is 11.0. The number of anilines is 1. The predicted molar refractivity (Wildman–Crippen MR) is 68.3 cm³/mol. The molecule has 110 valence electrons. The normalized spacial score (nSPS) is 27.4. The van der Waals surface area contributed by atoms with Crippen molar-refractivity contribution < 1.29 is 17.9 Å². The Morgan fingerprint density at radius 1 is 1.25 bits per heavy atom. The van der Waals surface area contributed by atoms with Crippen LogP contribution in [0.4, 0.5) is 19.0 Å². The van der Waals surface area contributed by atoms with Crippen LogP contribution in [0.3, 0.4) is 0 Å². The molecule has 1 aromatic heterocycles. The summed E-state index contributed by atoms with van der Waals surface area (Å²) in [5, 5.41) is 2.96. The third kappa shape index (κ3) is 3.06. The molecule has 1 saturated carbocycles. The van der Waals surface area contributed by atoms with E-state index in [2.05, 4.69) is 10.3 Å². The van der Waals surface area contributed by atoms with E-state index < -0.39 is 11.7 Å². The minimum Gasteiger partial charge on any atom is -0.378 e. The first-order chi connectivity index (χ1) is 9.54. The van der Waals surface area contributed by atoms with Crippen molar-refractivity contribution in [3.8, 4) is 0 Å². The summed E-state index contributed by atoms with van der Waals surface area (Å²) in [5.41, 5.74) is -0.700. The molecular weight excluding hydrogens is 269 g/mol. The Morgan fingerprint density at radius 2 is 2.05 bits per heavy atom. The molecule has 1 aromatic rings. The molecule has 1 N–H and O–H groups in total. The molecule has 3 rings (SSSR count). The maximum Gasteiger partial charge on any atom is 0.419 e. The van der Waals surface area contributed by atoms with E-state index in [0.29, 0.717) is 12.5 Å². The van der Waals surface area contributed by atoms with Crippen LogP contribution >= 0.6 is 0 Å². The molecule has 2 atom stereocenters. The third-order valence-corrected chi connectivity index (χ3v) is 3.92. The van der Waals surface area contributed by atoms with Crippen LogP contribution in [0, 0.1) is 5.92 Å². The van der Waals surface area contributed by atoms with Gasteiger partial charge in [-0.05, 0) is 43.7 Å². The number of pyridine rings is 1. The van der Waals surface area contributed by atoms with Crippen LogP contribution in [-0.2, 0) is 10.9 Å². The second kappa shape index (κ2) is 5.24. The lowest BCUT2D eigenvalue weighted by Gasteiger charge is -2.31. The Morgan fingerprint density at radius 3 is 2.75 bits per heavy atom. The Balaban J connectivity index is 1.71. The first-order valence-electron chi connectivity index (χ1n) is 6.94. The van der Waals surface area contributed by atoms with E-state index in [1.54, 1.807) is 0 Å². The Hall–Kier alpha value is -1.30. The van der Waals surface area contributed by atoms with Gasteiger partial charge >= 0.3 is 6.18 Å². The van der Waals surface area contributed by atoms with E-state index in [0.717, 1.165) is 18.9 Å². The van der Waals surface area contributed by atoms with Crippen LogP contribution in [0.1, 0.15) is 31.2 Å². The van der Waals surface area contributed by atoms with E-state index in [1.807, 2.05) is 0 Å². The highest BCUT2D eigenvalue weighted by molar-refractivity contribution is 5.46. The number of aromatic nitrogens is 1. The fourth-order valence-electron chi connectivity index (χ4n) is 2.70. The maximum absolute atomic E-state index is 12.9.